The van der Waals surface area contributed by atoms with Crippen LogP contribution in [-0.2, 0) is 26.2 Å². The minimum Gasteiger partial charge on any atom is -0.459 e. The van der Waals surface area contributed by atoms with Crippen molar-refractivity contribution in [3.05, 3.63) is 71.2 Å². The molecule has 8 nitrogen and oxygen atoms in total. The van der Waals surface area contributed by atoms with Crippen LogP contribution in [-0.4, -0.2) is 31.8 Å². The quantitative estimate of drug-likeness (QED) is 0.397. The van der Waals surface area contributed by atoms with Crippen LogP contribution in [0.1, 0.15) is 24.1 Å². The van der Waals surface area contributed by atoms with Crippen LogP contribution in [0.2, 0.25) is 0 Å². The van der Waals surface area contributed by atoms with Crippen LogP contribution in [0.25, 0.3) is 0 Å². The summed E-state index contributed by atoms with van der Waals surface area (Å²) in [5.41, 5.74) is 2.16. The number of fused-ring (bicyclic) bond motifs is 1. The normalized spacial score (nSPS) is 15.3. The zero-order valence-corrected chi connectivity index (χ0v) is 18.1. The van der Waals surface area contributed by atoms with Crippen molar-refractivity contribution in [2.45, 2.75) is 24.3 Å². The molecule has 0 radical (unpaired) electrons. The number of benzene rings is 2. The molecule has 0 fully saturated rings. The number of para-hydroxylation sites is 1. The lowest BCUT2D eigenvalue weighted by Crippen LogP contribution is -2.22. The standard InChI is InChI=1S/C21H20N4O4S2/c26-19(29-13-16-14-30-21(24-16)23-15-7-2-1-3-8-15)11-6-12-22-20-17-9-4-5-10-18(17)31(27,28)25-20/h1-5,7-10,14H,6,11-13H2,(H,22,25)(H,23,24). The van der Waals surface area contributed by atoms with Crippen LogP contribution in [0.15, 0.2) is 69.9 Å². The molecular weight excluding hydrogens is 436 g/mol. The molecule has 160 valence electrons. The summed E-state index contributed by atoms with van der Waals surface area (Å²) in [5, 5.41) is 5.77. The average Bonchev–Trinajstić information content (AvgIpc) is 3.32. The molecule has 31 heavy (non-hydrogen) atoms. The highest BCUT2D eigenvalue weighted by molar-refractivity contribution is 7.90. The molecule has 2 aromatic carbocycles. The molecule has 1 aliphatic heterocycles. The third-order valence-corrected chi connectivity index (χ3v) is 6.63. The second kappa shape index (κ2) is 9.27. The van der Waals surface area contributed by atoms with Crippen molar-refractivity contribution in [1.82, 2.24) is 9.71 Å². The van der Waals surface area contributed by atoms with Gasteiger partial charge in [0.05, 0.1) is 10.6 Å². The van der Waals surface area contributed by atoms with Gasteiger partial charge in [0, 0.05) is 29.6 Å². The van der Waals surface area contributed by atoms with Crippen molar-refractivity contribution in [1.29, 1.82) is 0 Å². The molecule has 2 N–H and O–H groups in total. The summed E-state index contributed by atoms with van der Waals surface area (Å²) >= 11 is 1.44. The molecular formula is C21H20N4O4S2. The third-order valence-electron chi connectivity index (χ3n) is 4.43. The van der Waals surface area contributed by atoms with Gasteiger partial charge in [-0.3, -0.25) is 14.5 Å². The lowest BCUT2D eigenvalue weighted by atomic mass is 10.2. The van der Waals surface area contributed by atoms with Crippen molar-refractivity contribution < 1.29 is 17.9 Å². The fourth-order valence-corrected chi connectivity index (χ4v) is 4.93. The Balaban J connectivity index is 1.22. The number of nitrogens with one attached hydrogen (secondary N) is 2. The zero-order chi connectivity index (χ0) is 21.7. The molecule has 0 amide bonds. The molecule has 0 saturated heterocycles. The Morgan fingerprint density at radius 1 is 1.13 bits per heavy atom. The van der Waals surface area contributed by atoms with E-state index in [1.54, 1.807) is 18.2 Å². The van der Waals surface area contributed by atoms with Gasteiger partial charge in [-0.1, -0.05) is 30.3 Å². The summed E-state index contributed by atoms with van der Waals surface area (Å²) in [5.74, 6) is -0.0388. The number of carbonyl (C=O) groups excluding carboxylic acids is 1. The van der Waals surface area contributed by atoms with Gasteiger partial charge in [0.2, 0.25) is 0 Å². The molecule has 0 aliphatic carbocycles. The maximum atomic E-state index is 12.1. The van der Waals surface area contributed by atoms with E-state index < -0.39 is 10.0 Å². The van der Waals surface area contributed by atoms with E-state index in [1.807, 2.05) is 35.7 Å². The minimum atomic E-state index is -3.55. The number of rotatable bonds is 8. The van der Waals surface area contributed by atoms with Crippen LogP contribution < -0.4 is 10.0 Å². The first kappa shape index (κ1) is 21.0. The molecule has 1 aliphatic rings. The second-order valence-electron chi connectivity index (χ2n) is 6.73. The maximum Gasteiger partial charge on any atom is 0.306 e. The summed E-state index contributed by atoms with van der Waals surface area (Å²) < 4.78 is 31.8. The number of hydrogen-bond acceptors (Lipinski definition) is 8. The van der Waals surface area contributed by atoms with Gasteiger partial charge in [0.25, 0.3) is 10.0 Å². The van der Waals surface area contributed by atoms with E-state index in [-0.39, 0.29) is 23.9 Å². The Bertz CT molecular complexity index is 1210. The van der Waals surface area contributed by atoms with Gasteiger partial charge in [-0.15, -0.1) is 11.3 Å². The van der Waals surface area contributed by atoms with Crippen LogP contribution in [0.3, 0.4) is 0 Å². The molecule has 1 aromatic heterocycles. The Hall–Kier alpha value is -3.24. The number of amidine groups is 1. The van der Waals surface area contributed by atoms with E-state index in [0.717, 1.165) is 10.8 Å². The Labute approximate surface area is 184 Å². The molecule has 2 heterocycles. The Morgan fingerprint density at radius 3 is 2.74 bits per heavy atom. The van der Waals surface area contributed by atoms with E-state index in [9.17, 15) is 13.2 Å². The average molecular weight is 457 g/mol. The van der Waals surface area contributed by atoms with E-state index >= 15 is 0 Å². The number of esters is 1. The number of thiazole rings is 1. The predicted octanol–water partition coefficient (Wildman–Crippen LogP) is 3.45. The van der Waals surface area contributed by atoms with Gasteiger partial charge in [-0.05, 0) is 30.7 Å². The summed E-state index contributed by atoms with van der Waals surface area (Å²) in [6, 6.07) is 16.4. The van der Waals surface area contributed by atoms with E-state index in [2.05, 4.69) is 20.0 Å². The van der Waals surface area contributed by atoms with Crippen molar-refractivity contribution in [2.75, 3.05) is 11.9 Å². The van der Waals surface area contributed by atoms with E-state index in [4.69, 9.17) is 4.74 Å². The summed E-state index contributed by atoms with van der Waals surface area (Å²) in [6.45, 7) is 0.413. The fraction of sp³-hybridized carbons (Fsp3) is 0.190. The number of anilines is 2. The number of aromatic nitrogens is 1. The van der Waals surface area contributed by atoms with Gasteiger partial charge < -0.3 is 10.1 Å². The number of nitrogens with zero attached hydrogens (tertiary/aromatic N) is 2. The first-order valence-corrected chi connectivity index (χ1v) is 12.0. The Morgan fingerprint density at radius 2 is 1.90 bits per heavy atom. The van der Waals surface area contributed by atoms with Gasteiger partial charge >= 0.3 is 5.97 Å². The van der Waals surface area contributed by atoms with Crippen molar-refractivity contribution in [3.63, 3.8) is 0 Å². The molecule has 0 bridgehead atoms. The highest BCUT2D eigenvalue weighted by Crippen LogP contribution is 2.23. The topological polar surface area (TPSA) is 110 Å². The van der Waals surface area contributed by atoms with E-state index in [0.29, 0.717) is 30.1 Å². The number of hydrogen-bond donors (Lipinski definition) is 2. The lowest BCUT2D eigenvalue weighted by Gasteiger charge is -2.03. The monoisotopic (exact) mass is 456 g/mol. The first-order chi connectivity index (χ1) is 15.0. The zero-order valence-electron chi connectivity index (χ0n) is 16.4. The molecule has 3 aromatic rings. The summed E-state index contributed by atoms with van der Waals surface area (Å²) in [6.07, 6.45) is 0.633. The smallest absolute Gasteiger partial charge is 0.306 e. The molecule has 0 spiro atoms. The molecule has 4 rings (SSSR count). The SMILES string of the molecule is O=C(CCCN=C1NS(=O)(=O)c2ccccc21)OCc1csc(Nc2ccccc2)n1. The van der Waals surface area contributed by atoms with Gasteiger partial charge in [-0.25, -0.2) is 13.4 Å². The van der Waals surface area contributed by atoms with Crippen LogP contribution in [0.5, 0.6) is 0 Å². The fourth-order valence-electron chi connectivity index (χ4n) is 2.97. The minimum absolute atomic E-state index is 0.105. The van der Waals surface area contributed by atoms with Crippen LogP contribution >= 0.6 is 11.3 Å². The number of ether oxygens (including phenoxy) is 1. The number of sulfonamides is 1. The predicted molar refractivity (Wildman–Crippen MR) is 119 cm³/mol. The van der Waals surface area contributed by atoms with Crippen molar-refractivity contribution >= 4 is 44.0 Å². The van der Waals surface area contributed by atoms with Crippen molar-refractivity contribution in [3.8, 4) is 0 Å². The maximum absolute atomic E-state index is 12.1. The van der Waals surface area contributed by atoms with Gasteiger partial charge in [0.15, 0.2) is 5.13 Å². The van der Waals surface area contributed by atoms with Gasteiger partial charge in [-0.2, -0.15) is 0 Å². The molecule has 0 saturated carbocycles. The van der Waals surface area contributed by atoms with Crippen molar-refractivity contribution in [2.24, 2.45) is 4.99 Å². The summed E-state index contributed by atoms with van der Waals surface area (Å²) in [7, 11) is -3.55. The highest BCUT2D eigenvalue weighted by Gasteiger charge is 2.29. The largest absolute Gasteiger partial charge is 0.459 e. The van der Waals surface area contributed by atoms with E-state index in [1.165, 1.54) is 17.4 Å². The van der Waals surface area contributed by atoms with Crippen LogP contribution in [0.4, 0.5) is 10.8 Å². The molecule has 0 unspecified atom stereocenters. The molecule has 10 heteroatoms. The lowest BCUT2D eigenvalue weighted by molar-refractivity contribution is -0.145. The van der Waals surface area contributed by atoms with Crippen LogP contribution in [0, 0.1) is 0 Å². The third kappa shape index (κ3) is 5.28. The second-order valence-corrected chi connectivity index (χ2v) is 9.24. The molecule has 0 atom stereocenters. The highest BCUT2D eigenvalue weighted by atomic mass is 32.2. The number of aliphatic imine (C=N–C) groups is 1. The van der Waals surface area contributed by atoms with Gasteiger partial charge in [0.1, 0.15) is 12.4 Å². The summed E-state index contributed by atoms with van der Waals surface area (Å²) in [4.78, 5) is 20.9. The first-order valence-electron chi connectivity index (χ1n) is 9.60. The Kier molecular flexibility index (Phi) is 6.28. The number of carbonyl (C=O) groups is 1.